The molecule has 4 nitrogen and oxygen atoms in total. The lowest BCUT2D eigenvalue weighted by atomic mass is 9.77. The summed E-state index contributed by atoms with van der Waals surface area (Å²) in [4.78, 5) is 11.2. The van der Waals surface area contributed by atoms with E-state index in [4.69, 9.17) is 4.65 Å². The van der Waals surface area contributed by atoms with Gasteiger partial charge in [-0.05, 0) is 43.4 Å². The van der Waals surface area contributed by atoms with Crippen molar-refractivity contribution in [1.29, 1.82) is 0 Å². The fourth-order valence-corrected chi connectivity index (χ4v) is 1.47. The second-order valence-corrected chi connectivity index (χ2v) is 5.66. The van der Waals surface area contributed by atoms with Crippen molar-refractivity contribution in [3.8, 4) is 0 Å². The molecule has 0 bridgehead atoms. The monoisotopic (exact) mass is 293 g/mol. The summed E-state index contributed by atoms with van der Waals surface area (Å²) in [5.74, 6) is -0.930. The van der Waals surface area contributed by atoms with Crippen LogP contribution in [0.5, 0.6) is 0 Å². The Kier molecular flexibility index (Phi) is 5.69. The molecule has 6 heteroatoms. The lowest BCUT2D eigenvalue weighted by molar-refractivity contribution is -0.111. The molecule has 0 radical (unpaired) electrons. The van der Waals surface area contributed by atoms with Crippen LogP contribution in [0.2, 0.25) is 0 Å². The first kappa shape index (κ1) is 17.4. The molecule has 1 aromatic carbocycles. The second-order valence-electron chi connectivity index (χ2n) is 5.66. The first-order valence-corrected chi connectivity index (χ1v) is 6.76. The maximum absolute atomic E-state index is 13.6. The summed E-state index contributed by atoms with van der Waals surface area (Å²) in [7, 11) is -1.21. The van der Waals surface area contributed by atoms with E-state index in [1.54, 1.807) is 0 Å². The zero-order valence-corrected chi connectivity index (χ0v) is 12.8. The molecule has 2 N–H and O–H groups in total. The van der Waals surface area contributed by atoms with Gasteiger partial charge < -0.3 is 15.0 Å². The van der Waals surface area contributed by atoms with Crippen LogP contribution in [0.15, 0.2) is 30.9 Å². The Morgan fingerprint density at radius 1 is 1.52 bits per heavy atom. The summed E-state index contributed by atoms with van der Waals surface area (Å²) in [5, 5.41) is 12.5. The van der Waals surface area contributed by atoms with Gasteiger partial charge >= 0.3 is 7.12 Å². The van der Waals surface area contributed by atoms with Gasteiger partial charge in [-0.25, -0.2) is 4.39 Å². The average molecular weight is 293 g/mol. The van der Waals surface area contributed by atoms with Gasteiger partial charge in [0.2, 0.25) is 5.91 Å². The number of carbonyl (C=O) groups excluding carboxylic acids is 1. The van der Waals surface area contributed by atoms with E-state index in [9.17, 15) is 14.2 Å². The summed E-state index contributed by atoms with van der Waals surface area (Å²) >= 11 is 0. The Hall–Kier alpha value is -1.66. The summed E-state index contributed by atoms with van der Waals surface area (Å²) in [5.41, 5.74) is -0.204. The molecule has 1 rings (SSSR count). The van der Waals surface area contributed by atoms with Gasteiger partial charge in [0, 0.05) is 0 Å². The van der Waals surface area contributed by atoms with Crippen molar-refractivity contribution in [3.63, 3.8) is 0 Å². The Morgan fingerprint density at radius 3 is 2.67 bits per heavy atom. The van der Waals surface area contributed by atoms with Crippen molar-refractivity contribution in [2.24, 2.45) is 5.92 Å². The minimum Gasteiger partial charge on any atom is -0.423 e. The van der Waals surface area contributed by atoms with Crippen molar-refractivity contribution >= 4 is 24.2 Å². The fraction of sp³-hybridized carbons (Fsp3) is 0.400. The number of benzene rings is 1. The molecule has 1 aromatic rings. The molecule has 0 aromatic heterocycles. The second kappa shape index (κ2) is 6.87. The molecule has 114 valence electrons. The highest BCUT2D eigenvalue weighted by Gasteiger charge is 2.30. The van der Waals surface area contributed by atoms with Gasteiger partial charge in [0.15, 0.2) is 0 Å². The number of nitrogens with one attached hydrogen (secondary N) is 1. The Labute approximate surface area is 125 Å². The SMILES string of the molecule is C=CC(=O)Nc1cc(B(O)OC(C)(C)C(C)C)ccc1F. The summed E-state index contributed by atoms with van der Waals surface area (Å²) in [6, 6.07) is 3.93. The lowest BCUT2D eigenvalue weighted by Gasteiger charge is -2.31. The predicted octanol–water partition coefficient (Wildman–Crippen LogP) is 2.09. The van der Waals surface area contributed by atoms with Gasteiger partial charge in [0.1, 0.15) is 5.82 Å². The van der Waals surface area contributed by atoms with E-state index in [2.05, 4.69) is 11.9 Å². The third-order valence-corrected chi connectivity index (χ3v) is 3.52. The average Bonchev–Trinajstić information content (AvgIpc) is 2.40. The maximum atomic E-state index is 13.6. The minimum atomic E-state index is -1.21. The zero-order chi connectivity index (χ0) is 16.2. The highest BCUT2D eigenvalue weighted by molar-refractivity contribution is 6.60. The molecule has 0 aliphatic heterocycles. The third kappa shape index (κ3) is 4.68. The van der Waals surface area contributed by atoms with Crippen LogP contribution in [0.1, 0.15) is 27.7 Å². The van der Waals surface area contributed by atoms with Crippen molar-refractivity contribution in [2.75, 3.05) is 5.32 Å². The normalized spacial score (nSPS) is 11.4. The van der Waals surface area contributed by atoms with Crippen LogP contribution in [0.25, 0.3) is 0 Å². The molecule has 0 saturated carbocycles. The van der Waals surface area contributed by atoms with E-state index in [0.29, 0.717) is 5.46 Å². The van der Waals surface area contributed by atoms with Crippen LogP contribution >= 0.6 is 0 Å². The van der Waals surface area contributed by atoms with Crippen LogP contribution < -0.4 is 10.8 Å². The Balaban J connectivity index is 2.95. The zero-order valence-electron chi connectivity index (χ0n) is 12.8. The molecule has 0 atom stereocenters. The molecule has 0 aliphatic carbocycles. The largest absolute Gasteiger partial charge is 0.491 e. The number of hydrogen-bond acceptors (Lipinski definition) is 3. The molecule has 0 fully saturated rings. The fourth-order valence-electron chi connectivity index (χ4n) is 1.47. The highest BCUT2D eigenvalue weighted by atomic mass is 19.1. The summed E-state index contributed by atoms with van der Waals surface area (Å²) in [6.45, 7) is 11.0. The van der Waals surface area contributed by atoms with E-state index in [0.717, 1.165) is 6.08 Å². The van der Waals surface area contributed by atoms with Gasteiger partial charge in [-0.3, -0.25) is 4.79 Å². The van der Waals surface area contributed by atoms with Crippen LogP contribution in [-0.4, -0.2) is 23.7 Å². The molecule has 1 amide bonds. The van der Waals surface area contributed by atoms with Crippen molar-refractivity contribution in [3.05, 3.63) is 36.7 Å². The van der Waals surface area contributed by atoms with E-state index in [1.807, 2.05) is 27.7 Å². The van der Waals surface area contributed by atoms with Gasteiger partial charge in [-0.15, -0.1) is 0 Å². The maximum Gasteiger partial charge on any atom is 0.491 e. The molecule has 0 spiro atoms. The Bertz CT molecular complexity index is 532. The topological polar surface area (TPSA) is 58.6 Å². The van der Waals surface area contributed by atoms with Gasteiger partial charge in [0.05, 0.1) is 11.3 Å². The number of carbonyl (C=O) groups is 1. The van der Waals surface area contributed by atoms with Crippen LogP contribution in [-0.2, 0) is 9.45 Å². The first-order valence-electron chi connectivity index (χ1n) is 6.76. The number of hydrogen-bond donors (Lipinski definition) is 2. The molecule has 21 heavy (non-hydrogen) atoms. The number of rotatable bonds is 6. The molecule has 0 saturated heterocycles. The van der Waals surface area contributed by atoms with E-state index in [1.165, 1.54) is 18.2 Å². The van der Waals surface area contributed by atoms with Crippen molar-refractivity contribution < 1.29 is 18.9 Å². The molecule has 0 heterocycles. The van der Waals surface area contributed by atoms with Crippen molar-refractivity contribution in [2.45, 2.75) is 33.3 Å². The smallest absolute Gasteiger partial charge is 0.423 e. The summed E-state index contributed by atoms with van der Waals surface area (Å²) < 4.78 is 19.2. The van der Waals surface area contributed by atoms with Crippen molar-refractivity contribution in [1.82, 2.24) is 0 Å². The number of anilines is 1. The molecule has 0 unspecified atom stereocenters. The van der Waals surface area contributed by atoms with Gasteiger partial charge in [-0.1, -0.05) is 26.5 Å². The van der Waals surface area contributed by atoms with E-state index < -0.39 is 24.4 Å². The third-order valence-electron chi connectivity index (χ3n) is 3.52. The molecular weight excluding hydrogens is 272 g/mol. The molecular formula is C15H21BFNO3. The van der Waals surface area contributed by atoms with Crippen LogP contribution in [0.4, 0.5) is 10.1 Å². The molecule has 0 aliphatic rings. The van der Waals surface area contributed by atoms with E-state index in [-0.39, 0.29) is 11.6 Å². The lowest BCUT2D eigenvalue weighted by Crippen LogP contribution is -2.44. The van der Waals surface area contributed by atoms with Crippen LogP contribution in [0, 0.1) is 11.7 Å². The quantitative estimate of drug-likeness (QED) is 0.623. The van der Waals surface area contributed by atoms with E-state index >= 15 is 0 Å². The predicted molar refractivity (Wildman–Crippen MR) is 82.8 cm³/mol. The first-order chi connectivity index (χ1) is 9.67. The number of amides is 1. The standard InChI is InChI=1S/C15H21BFNO3/c1-6-14(19)18-13-9-11(7-8-12(13)17)16(20)21-15(4,5)10(2)3/h6-10,20H,1H2,2-5H3,(H,18,19). The van der Waals surface area contributed by atoms with Gasteiger partial charge in [-0.2, -0.15) is 0 Å². The van der Waals surface area contributed by atoms with Gasteiger partial charge in [0.25, 0.3) is 0 Å². The summed E-state index contributed by atoms with van der Waals surface area (Å²) in [6.07, 6.45) is 1.04. The van der Waals surface area contributed by atoms with Crippen LogP contribution in [0.3, 0.4) is 0 Å². The Morgan fingerprint density at radius 2 is 2.14 bits per heavy atom. The minimum absolute atomic E-state index is 0.0256. The number of halogens is 1. The highest BCUT2D eigenvalue weighted by Crippen LogP contribution is 2.21.